The second kappa shape index (κ2) is 17.2. The molecule has 0 spiro atoms. The molecule has 0 amide bonds. The predicted octanol–water partition coefficient (Wildman–Crippen LogP) is -3.24. The number of hydrogen-bond acceptors (Lipinski definition) is 0. The summed E-state index contributed by atoms with van der Waals surface area (Å²) in [7, 11) is 0. The fourth-order valence-corrected chi connectivity index (χ4v) is 0. The molecule has 0 heterocycles. The van der Waals surface area contributed by atoms with E-state index in [1.54, 1.807) is 0 Å². The van der Waals surface area contributed by atoms with Crippen LogP contribution >= 0.6 is 0 Å². The summed E-state index contributed by atoms with van der Waals surface area (Å²) in [4.78, 5) is 0. The van der Waals surface area contributed by atoms with Crippen LogP contribution in [0.2, 0.25) is 0 Å². The molecule has 0 aliphatic carbocycles. The first-order chi connectivity index (χ1) is 0. The van der Waals surface area contributed by atoms with Gasteiger partial charge in [-0.25, -0.2) is 0 Å². The molecule has 0 saturated carbocycles. The molecule has 0 N–H and O–H groups in total. The fraction of sp³-hybridized carbons (Fsp3) is 0. The molecule has 0 aromatic carbocycles. The van der Waals surface area contributed by atoms with Gasteiger partial charge in [0.05, 0.1) is 0 Å². The normalized spacial score (nSPS) is 0. The Balaban J connectivity index is 0. The van der Waals surface area contributed by atoms with Gasteiger partial charge in [-0.15, -0.1) is 0 Å². The molecule has 0 aromatic heterocycles. The fourth-order valence-electron chi connectivity index (χ4n) is 0. The van der Waals surface area contributed by atoms with E-state index in [1.807, 2.05) is 0 Å². The average molecular weight is 362 g/mol. The summed E-state index contributed by atoms with van der Waals surface area (Å²) in [5.74, 6) is 0. The van der Waals surface area contributed by atoms with Gasteiger partial charge in [0, 0.05) is 0 Å². The van der Waals surface area contributed by atoms with Crippen LogP contribution in [0.5, 0.6) is 0 Å². The standard InChI is InChI=1S/Au.Cs.2O/q+3;+1;2*-2. The second-order valence-electron chi connectivity index (χ2n) is 0. The number of hydrogen-bond donors (Lipinski definition) is 0. The Morgan fingerprint density at radius 3 is 0.750 bits per heavy atom. The van der Waals surface area contributed by atoms with Crippen LogP contribution in [0, 0.1) is 0 Å². The van der Waals surface area contributed by atoms with E-state index in [0.29, 0.717) is 0 Å². The van der Waals surface area contributed by atoms with Crippen molar-refractivity contribution in [3.63, 3.8) is 0 Å². The van der Waals surface area contributed by atoms with Crippen LogP contribution in [0.3, 0.4) is 0 Å². The van der Waals surface area contributed by atoms with Gasteiger partial charge in [0.25, 0.3) is 0 Å². The molecular formula is AuCsO2. The molecule has 0 aromatic rings. The average Bonchev–Trinajstić information content (AvgIpc) is 0. The van der Waals surface area contributed by atoms with Crippen LogP contribution in [0.1, 0.15) is 0 Å². The molecule has 0 aliphatic heterocycles. The Morgan fingerprint density at radius 2 is 0.750 bits per heavy atom. The minimum absolute atomic E-state index is 0. The van der Waals surface area contributed by atoms with E-state index < -0.39 is 0 Å². The molecule has 0 bridgehead atoms. The van der Waals surface area contributed by atoms with E-state index in [2.05, 4.69) is 0 Å². The van der Waals surface area contributed by atoms with E-state index in [0.717, 1.165) is 0 Å². The molecule has 4 heteroatoms. The van der Waals surface area contributed by atoms with Gasteiger partial charge < -0.3 is 11.0 Å². The van der Waals surface area contributed by atoms with Gasteiger partial charge in [-0.3, -0.25) is 0 Å². The van der Waals surface area contributed by atoms with Crippen LogP contribution in [0.15, 0.2) is 0 Å². The Morgan fingerprint density at radius 1 is 0.750 bits per heavy atom. The van der Waals surface area contributed by atoms with Crippen LogP contribution < -0.4 is 68.9 Å². The Bertz CT molecular complexity index is 6.00. The first-order valence-corrected chi connectivity index (χ1v) is 0. The van der Waals surface area contributed by atoms with Gasteiger partial charge in [-0.1, -0.05) is 0 Å². The van der Waals surface area contributed by atoms with Gasteiger partial charge in [-0.05, 0) is 0 Å². The van der Waals surface area contributed by atoms with Crippen LogP contribution in [0.25, 0.3) is 0 Å². The molecular weight excluding hydrogens is 362 g/mol. The van der Waals surface area contributed by atoms with Gasteiger partial charge in [-0.2, -0.15) is 0 Å². The Hall–Kier alpha value is 2.71. The third kappa shape index (κ3) is 8.83. The Kier molecular flexibility index (Phi) is 128. The van der Waals surface area contributed by atoms with Crippen molar-refractivity contribution in [3.05, 3.63) is 0 Å². The largest absolute Gasteiger partial charge is 3.00 e. The third-order valence-electron chi connectivity index (χ3n) is 0. The minimum atomic E-state index is 0. The van der Waals surface area contributed by atoms with Crippen molar-refractivity contribution in [3.8, 4) is 0 Å². The second-order valence-corrected chi connectivity index (χ2v) is 0. The van der Waals surface area contributed by atoms with Gasteiger partial charge in [0.2, 0.25) is 0 Å². The monoisotopic (exact) mass is 362 g/mol. The van der Waals surface area contributed by atoms with Gasteiger partial charge >= 0.3 is 91.3 Å². The smallest absolute Gasteiger partial charge is 2.00 e. The topological polar surface area (TPSA) is 57.0 Å². The van der Waals surface area contributed by atoms with Crippen molar-refractivity contribution in [2.75, 3.05) is 0 Å². The zero-order valence-electron chi connectivity index (χ0n) is 2.12. The summed E-state index contributed by atoms with van der Waals surface area (Å²) >= 11 is 0. The maximum absolute atomic E-state index is 0. The van der Waals surface area contributed by atoms with E-state index in [-0.39, 0.29) is 102 Å². The minimum Gasteiger partial charge on any atom is -2.00 e. The summed E-state index contributed by atoms with van der Waals surface area (Å²) in [6, 6.07) is 0. The SMILES string of the molecule is [Au+3].[Cs+].[O-2].[O-2]. The molecule has 0 unspecified atom stereocenters. The van der Waals surface area contributed by atoms with Crippen molar-refractivity contribution in [1.29, 1.82) is 0 Å². The molecule has 0 fully saturated rings. The zero-order valence-corrected chi connectivity index (χ0v) is 10.6. The van der Waals surface area contributed by atoms with E-state index in [9.17, 15) is 0 Å². The van der Waals surface area contributed by atoms with E-state index >= 15 is 0 Å². The molecule has 0 atom stereocenters. The molecule has 24 valence electrons. The van der Waals surface area contributed by atoms with Crippen molar-refractivity contribution in [1.82, 2.24) is 0 Å². The third-order valence-corrected chi connectivity index (χ3v) is 0. The molecule has 0 rings (SSSR count). The van der Waals surface area contributed by atoms with Crippen molar-refractivity contribution < 1.29 is 102 Å². The van der Waals surface area contributed by atoms with Gasteiger partial charge in [0.1, 0.15) is 0 Å². The zero-order chi connectivity index (χ0) is 0. The number of rotatable bonds is 0. The van der Waals surface area contributed by atoms with E-state index in [1.165, 1.54) is 0 Å². The summed E-state index contributed by atoms with van der Waals surface area (Å²) in [5.41, 5.74) is 0. The summed E-state index contributed by atoms with van der Waals surface area (Å²) in [6.45, 7) is 0. The van der Waals surface area contributed by atoms with E-state index in [4.69, 9.17) is 0 Å². The van der Waals surface area contributed by atoms with Crippen molar-refractivity contribution in [2.24, 2.45) is 0 Å². The van der Waals surface area contributed by atoms with Crippen molar-refractivity contribution >= 4 is 0 Å². The van der Waals surface area contributed by atoms with Gasteiger partial charge in [0.15, 0.2) is 0 Å². The Labute approximate surface area is 99.3 Å². The van der Waals surface area contributed by atoms with Crippen LogP contribution in [-0.4, -0.2) is 0 Å². The first kappa shape index (κ1) is 29.8. The molecule has 0 aliphatic rings. The van der Waals surface area contributed by atoms with Crippen LogP contribution in [0.4, 0.5) is 0 Å². The predicted molar refractivity (Wildman–Crippen MR) is 1.37 cm³/mol. The molecule has 0 radical (unpaired) electrons. The van der Waals surface area contributed by atoms with Crippen LogP contribution in [-0.2, 0) is 33.3 Å². The maximum atomic E-state index is 0. The first-order valence-electron chi connectivity index (χ1n) is 0. The van der Waals surface area contributed by atoms with Crippen molar-refractivity contribution in [2.45, 2.75) is 0 Å². The summed E-state index contributed by atoms with van der Waals surface area (Å²) in [5, 5.41) is 0. The maximum Gasteiger partial charge on any atom is 3.00 e. The summed E-state index contributed by atoms with van der Waals surface area (Å²) in [6.07, 6.45) is 0. The molecule has 4 heavy (non-hydrogen) atoms. The summed E-state index contributed by atoms with van der Waals surface area (Å²) < 4.78 is 0. The quantitative estimate of drug-likeness (QED) is 0.407. The molecule has 0 saturated heterocycles. The molecule has 2 nitrogen and oxygen atoms in total.